The van der Waals surface area contributed by atoms with Crippen LogP contribution in [0.15, 0.2) is 36.4 Å². The van der Waals surface area contributed by atoms with E-state index in [0.29, 0.717) is 6.29 Å². The molecule has 0 aromatic heterocycles. The van der Waals surface area contributed by atoms with Crippen molar-refractivity contribution in [3.8, 4) is 5.75 Å². The van der Waals surface area contributed by atoms with Gasteiger partial charge in [0.15, 0.2) is 6.29 Å². The molecule has 98 valence electrons. The van der Waals surface area contributed by atoms with Gasteiger partial charge in [-0.05, 0) is 35.9 Å². The standard InChI is InChI=1S/C14H9F3O2/c15-11-1-2-14(10(5-11)7-18)19-8-9-3-12(16)6-13(17)4-9/h1-7H,8H2. The zero-order valence-corrected chi connectivity index (χ0v) is 9.70. The van der Waals surface area contributed by atoms with Crippen molar-refractivity contribution in [1.29, 1.82) is 0 Å². The van der Waals surface area contributed by atoms with Gasteiger partial charge in [0.1, 0.15) is 29.8 Å². The summed E-state index contributed by atoms with van der Waals surface area (Å²) in [6.45, 7) is -0.124. The molecule has 0 aliphatic rings. The van der Waals surface area contributed by atoms with Gasteiger partial charge in [-0.15, -0.1) is 0 Å². The largest absolute Gasteiger partial charge is 0.488 e. The summed E-state index contributed by atoms with van der Waals surface area (Å²) < 4.78 is 44.0. The van der Waals surface area contributed by atoms with E-state index in [-0.39, 0.29) is 23.5 Å². The highest BCUT2D eigenvalue weighted by Crippen LogP contribution is 2.19. The second-order valence-corrected chi connectivity index (χ2v) is 3.87. The minimum atomic E-state index is -0.715. The summed E-state index contributed by atoms with van der Waals surface area (Å²) in [5.74, 6) is -1.84. The van der Waals surface area contributed by atoms with Crippen LogP contribution >= 0.6 is 0 Å². The molecular weight excluding hydrogens is 257 g/mol. The molecule has 0 aliphatic carbocycles. The summed E-state index contributed by atoms with van der Waals surface area (Å²) in [4.78, 5) is 10.7. The second-order valence-electron chi connectivity index (χ2n) is 3.87. The van der Waals surface area contributed by atoms with Crippen molar-refractivity contribution in [3.63, 3.8) is 0 Å². The molecule has 5 heteroatoms. The van der Waals surface area contributed by atoms with Crippen LogP contribution in [0.4, 0.5) is 13.2 Å². The Kier molecular flexibility index (Phi) is 3.85. The predicted octanol–water partition coefficient (Wildman–Crippen LogP) is 3.50. The van der Waals surface area contributed by atoms with Gasteiger partial charge in [-0.3, -0.25) is 4.79 Å². The molecule has 0 fully saturated rings. The Bertz CT molecular complexity index is 591. The summed E-state index contributed by atoms with van der Waals surface area (Å²) in [6, 6.07) is 6.43. The van der Waals surface area contributed by atoms with Crippen molar-refractivity contribution in [2.24, 2.45) is 0 Å². The van der Waals surface area contributed by atoms with E-state index in [1.54, 1.807) is 0 Å². The number of ether oxygens (including phenoxy) is 1. The number of halogens is 3. The SMILES string of the molecule is O=Cc1cc(F)ccc1OCc1cc(F)cc(F)c1. The van der Waals surface area contributed by atoms with Gasteiger partial charge >= 0.3 is 0 Å². The molecule has 0 radical (unpaired) electrons. The topological polar surface area (TPSA) is 26.3 Å². The molecule has 0 unspecified atom stereocenters. The van der Waals surface area contributed by atoms with Crippen molar-refractivity contribution in [1.82, 2.24) is 0 Å². The van der Waals surface area contributed by atoms with Crippen LogP contribution in [0.2, 0.25) is 0 Å². The highest BCUT2D eigenvalue weighted by atomic mass is 19.1. The second kappa shape index (κ2) is 5.56. The quantitative estimate of drug-likeness (QED) is 0.792. The number of hydrogen-bond donors (Lipinski definition) is 0. The summed E-state index contributed by atoms with van der Waals surface area (Å²) in [6.07, 6.45) is 0.449. The molecule has 0 saturated heterocycles. The summed E-state index contributed by atoms with van der Waals surface area (Å²) in [7, 11) is 0. The van der Waals surface area contributed by atoms with Gasteiger partial charge in [-0.25, -0.2) is 13.2 Å². The monoisotopic (exact) mass is 266 g/mol. The molecule has 0 atom stereocenters. The van der Waals surface area contributed by atoms with Crippen LogP contribution in [0.5, 0.6) is 5.75 Å². The minimum absolute atomic E-state index is 0.0388. The van der Waals surface area contributed by atoms with Gasteiger partial charge in [0, 0.05) is 6.07 Å². The molecule has 0 aliphatic heterocycles. The van der Waals surface area contributed by atoms with E-state index in [0.717, 1.165) is 30.3 Å². The van der Waals surface area contributed by atoms with E-state index in [2.05, 4.69) is 0 Å². The molecule has 0 N–H and O–H groups in total. The van der Waals surface area contributed by atoms with Gasteiger partial charge in [0.05, 0.1) is 5.56 Å². The number of rotatable bonds is 4. The third kappa shape index (κ3) is 3.34. The fourth-order valence-electron chi connectivity index (χ4n) is 1.60. The zero-order valence-electron chi connectivity index (χ0n) is 9.70. The third-order valence-electron chi connectivity index (χ3n) is 2.42. The molecule has 2 nitrogen and oxygen atoms in total. The Morgan fingerprint density at radius 1 is 0.947 bits per heavy atom. The fraction of sp³-hybridized carbons (Fsp3) is 0.0714. The Hall–Kier alpha value is -2.30. The Balaban J connectivity index is 2.16. The lowest BCUT2D eigenvalue weighted by Gasteiger charge is -2.08. The first kappa shape index (κ1) is 13.1. The van der Waals surface area contributed by atoms with Crippen LogP contribution in [0.25, 0.3) is 0 Å². The van der Waals surface area contributed by atoms with Crippen molar-refractivity contribution in [3.05, 3.63) is 65.0 Å². The molecule has 0 spiro atoms. The molecule has 0 heterocycles. The van der Waals surface area contributed by atoms with Gasteiger partial charge in [0.25, 0.3) is 0 Å². The minimum Gasteiger partial charge on any atom is -0.488 e. The van der Waals surface area contributed by atoms with Crippen LogP contribution in [0.3, 0.4) is 0 Å². The average molecular weight is 266 g/mol. The van der Waals surface area contributed by atoms with Gasteiger partial charge in [0.2, 0.25) is 0 Å². The first-order valence-electron chi connectivity index (χ1n) is 5.41. The maximum absolute atomic E-state index is 13.0. The smallest absolute Gasteiger partial charge is 0.153 e. The van der Waals surface area contributed by atoms with E-state index < -0.39 is 17.5 Å². The lowest BCUT2D eigenvalue weighted by molar-refractivity contribution is 0.111. The third-order valence-corrected chi connectivity index (χ3v) is 2.42. The molecule has 0 amide bonds. The van der Waals surface area contributed by atoms with E-state index >= 15 is 0 Å². The van der Waals surface area contributed by atoms with Gasteiger partial charge < -0.3 is 4.74 Å². The first-order valence-corrected chi connectivity index (χ1v) is 5.41. The summed E-state index contributed by atoms with van der Waals surface area (Å²) >= 11 is 0. The highest BCUT2D eigenvalue weighted by Gasteiger charge is 2.06. The predicted molar refractivity (Wildman–Crippen MR) is 62.5 cm³/mol. The van der Waals surface area contributed by atoms with Crippen LogP contribution in [0.1, 0.15) is 15.9 Å². The lowest BCUT2D eigenvalue weighted by atomic mass is 10.2. The maximum atomic E-state index is 13.0. The van der Waals surface area contributed by atoms with Crippen LogP contribution < -0.4 is 4.74 Å². The Labute approximate surface area is 107 Å². The summed E-state index contributed by atoms with van der Waals surface area (Å²) in [5.41, 5.74) is 0.315. The van der Waals surface area contributed by atoms with Crippen molar-refractivity contribution in [2.75, 3.05) is 0 Å². The Morgan fingerprint density at radius 3 is 2.26 bits per heavy atom. The van der Waals surface area contributed by atoms with E-state index in [1.807, 2.05) is 0 Å². The number of aldehydes is 1. The van der Waals surface area contributed by atoms with E-state index in [1.165, 1.54) is 6.07 Å². The molecule has 2 aromatic rings. The number of carbonyl (C=O) groups is 1. The average Bonchev–Trinajstić information content (AvgIpc) is 2.36. The first-order chi connectivity index (χ1) is 9.08. The number of carbonyl (C=O) groups excluding carboxylic acids is 1. The zero-order chi connectivity index (χ0) is 13.8. The highest BCUT2D eigenvalue weighted by molar-refractivity contribution is 5.79. The molecule has 0 bridgehead atoms. The fourth-order valence-corrected chi connectivity index (χ4v) is 1.60. The molecule has 19 heavy (non-hydrogen) atoms. The van der Waals surface area contributed by atoms with Gasteiger partial charge in [-0.2, -0.15) is 0 Å². The van der Waals surface area contributed by atoms with Crippen LogP contribution in [-0.2, 0) is 6.61 Å². The molecule has 2 aromatic carbocycles. The van der Waals surface area contributed by atoms with E-state index in [9.17, 15) is 18.0 Å². The number of benzene rings is 2. The molecular formula is C14H9F3O2. The molecule has 2 rings (SSSR count). The van der Waals surface area contributed by atoms with Crippen LogP contribution in [-0.4, -0.2) is 6.29 Å². The van der Waals surface area contributed by atoms with Crippen LogP contribution in [0, 0.1) is 17.5 Å². The Morgan fingerprint density at radius 2 is 1.63 bits per heavy atom. The van der Waals surface area contributed by atoms with Crippen molar-refractivity contribution >= 4 is 6.29 Å². The van der Waals surface area contributed by atoms with Crippen molar-refractivity contribution < 1.29 is 22.7 Å². The number of hydrogen-bond acceptors (Lipinski definition) is 2. The maximum Gasteiger partial charge on any atom is 0.153 e. The van der Waals surface area contributed by atoms with E-state index in [4.69, 9.17) is 4.74 Å². The normalized spacial score (nSPS) is 10.3. The lowest BCUT2D eigenvalue weighted by Crippen LogP contribution is -2.00. The van der Waals surface area contributed by atoms with Gasteiger partial charge in [-0.1, -0.05) is 0 Å². The molecule has 0 saturated carbocycles. The summed E-state index contributed by atoms with van der Waals surface area (Å²) in [5, 5.41) is 0. The van der Waals surface area contributed by atoms with Crippen molar-refractivity contribution in [2.45, 2.75) is 6.61 Å².